The highest BCUT2D eigenvalue weighted by atomic mass is 31.0. The van der Waals surface area contributed by atoms with E-state index in [2.05, 4.69) is 16.2 Å². The first kappa shape index (κ1) is 18.9. The summed E-state index contributed by atoms with van der Waals surface area (Å²) in [6.45, 7) is 6.90. The van der Waals surface area contributed by atoms with Crippen LogP contribution in [-0.4, -0.2) is 17.7 Å². The van der Waals surface area contributed by atoms with Gasteiger partial charge in [0, 0.05) is 0 Å². The van der Waals surface area contributed by atoms with Gasteiger partial charge in [-0.05, 0) is 19.3 Å². The Labute approximate surface area is 122 Å². The van der Waals surface area contributed by atoms with Gasteiger partial charge in [0.15, 0.2) is 0 Å². The van der Waals surface area contributed by atoms with E-state index in [0.29, 0.717) is 6.61 Å². The van der Waals surface area contributed by atoms with Gasteiger partial charge < -0.3 is 4.74 Å². The molecule has 0 bridgehead atoms. The van der Waals surface area contributed by atoms with Crippen molar-refractivity contribution in [2.75, 3.05) is 6.61 Å². The third kappa shape index (κ3) is 8.63. The Morgan fingerprint density at radius 2 is 1.37 bits per heavy atom. The van der Waals surface area contributed by atoms with Crippen molar-refractivity contribution < 1.29 is 9.53 Å². The molecule has 1 atom stereocenters. The first-order valence-corrected chi connectivity index (χ1v) is 8.64. The lowest BCUT2D eigenvalue weighted by Crippen LogP contribution is -2.32. The summed E-state index contributed by atoms with van der Waals surface area (Å²) in [5, 5.41) is -0.361. The Hall–Kier alpha value is -0.100. The highest BCUT2D eigenvalue weighted by molar-refractivity contribution is 7.21. The van der Waals surface area contributed by atoms with Crippen LogP contribution in [0.1, 0.15) is 85.0 Å². The minimum absolute atomic E-state index is 0.0505. The van der Waals surface area contributed by atoms with Crippen molar-refractivity contribution in [3.8, 4) is 0 Å². The zero-order chi connectivity index (χ0) is 14.6. The molecular weight excluding hydrogens is 255 g/mol. The van der Waals surface area contributed by atoms with E-state index in [1.165, 1.54) is 44.9 Å². The van der Waals surface area contributed by atoms with Crippen molar-refractivity contribution in [2.24, 2.45) is 0 Å². The molecule has 3 heteroatoms. The van der Waals surface area contributed by atoms with Gasteiger partial charge in [-0.1, -0.05) is 65.7 Å². The van der Waals surface area contributed by atoms with Crippen LogP contribution >= 0.6 is 9.24 Å². The molecule has 0 amide bonds. The molecule has 2 nitrogen and oxygen atoms in total. The molecule has 0 aromatic carbocycles. The fraction of sp³-hybridized carbons (Fsp3) is 0.938. The average molecular weight is 288 g/mol. The predicted molar refractivity (Wildman–Crippen MR) is 86.6 cm³/mol. The topological polar surface area (TPSA) is 26.3 Å². The van der Waals surface area contributed by atoms with Crippen molar-refractivity contribution >= 4 is 15.2 Å². The fourth-order valence-electron chi connectivity index (χ4n) is 2.08. The second kappa shape index (κ2) is 11.7. The van der Waals surface area contributed by atoms with Gasteiger partial charge >= 0.3 is 5.97 Å². The van der Waals surface area contributed by atoms with Crippen LogP contribution in [0.4, 0.5) is 0 Å². The molecule has 0 aliphatic rings. The van der Waals surface area contributed by atoms with Gasteiger partial charge in [-0.3, -0.25) is 4.79 Å². The second-order valence-corrected chi connectivity index (χ2v) is 6.58. The molecule has 0 aliphatic heterocycles. The molecule has 0 rings (SSSR count). The van der Waals surface area contributed by atoms with Gasteiger partial charge in [0.05, 0.1) is 11.8 Å². The Morgan fingerprint density at radius 1 is 0.895 bits per heavy atom. The number of esters is 1. The summed E-state index contributed by atoms with van der Waals surface area (Å²) in [4.78, 5) is 11.9. The van der Waals surface area contributed by atoms with Gasteiger partial charge in [-0.15, -0.1) is 9.24 Å². The van der Waals surface area contributed by atoms with Crippen LogP contribution in [0.5, 0.6) is 0 Å². The van der Waals surface area contributed by atoms with Crippen molar-refractivity contribution in [1.29, 1.82) is 0 Å². The zero-order valence-electron chi connectivity index (χ0n) is 13.2. The zero-order valence-corrected chi connectivity index (χ0v) is 14.3. The molecule has 0 aromatic rings. The van der Waals surface area contributed by atoms with Crippen LogP contribution in [0.3, 0.4) is 0 Å². The first-order valence-electron chi connectivity index (χ1n) is 8.06. The molecule has 0 saturated carbocycles. The Bertz CT molecular complexity index is 225. The maximum Gasteiger partial charge on any atom is 0.315 e. The summed E-state index contributed by atoms with van der Waals surface area (Å²) in [7, 11) is 2.66. The number of carbonyl (C=O) groups excluding carboxylic acids is 1. The number of hydrogen-bond donors (Lipinski definition) is 0. The predicted octanol–water partition coefficient (Wildman–Crippen LogP) is 5.10. The smallest absolute Gasteiger partial charge is 0.315 e. The lowest BCUT2D eigenvalue weighted by atomic mass is 10.0. The SMILES string of the molecule is CCCCCCCCCCOC(=O)C(P)(CC)CC. The summed E-state index contributed by atoms with van der Waals surface area (Å²) in [6, 6.07) is 0. The molecule has 0 heterocycles. The summed E-state index contributed by atoms with van der Waals surface area (Å²) in [6.07, 6.45) is 11.8. The van der Waals surface area contributed by atoms with Crippen LogP contribution in [0, 0.1) is 0 Å². The van der Waals surface area contributed by atoms with Gasteiger partial charge in [0.2, 0.25) is 0 Å². The molecular formula is C16H33O2P. The molecule has 0 aromatic heterocycles. The summed E-state index contributed by atoms with van der Waals surface area (Å²) >= 11 is 0. The van der Waals surface area contributed by atoms with E-state index in [1.54, 1.807) is 0 Å². The number of ether oxygens (including phenoxy) is 1. The monoisotopic (exact) mass is 288 g/mol. The lowest BCUT2D eigenvalue weighted by molar-refractivity contribution is -0.147. The molecule has 114 valence electrons. The van der Waals surface area contributed by atoms with E-state index in [4.69, 9.17) is 4.74 Å². The Kier molecular flexibility index (Phi) is 11.6. The van der Waals surface area contributed by atoms with Gasteiger partial charge in [0.1, 0.15) is 0 Å². The van der Waals surface area contributed by atoms with E-state index >= 15 is 0 Å². The van der Waals surface area contributed by atoms with Crippen molar-refractivity contribution in [3.05, 3.63) is 0 Å². The summed E-state index contributed by atoms with van der Waals surface area (Å²) < 4.78 is 5.37. The molecule has 1 unspecified atom stereocenters. The average Bonchev–Trinajstić information content (AvgIpc) is 2.44. The standard InChI is InChI=1S/C16H33O2P/c1-4-7-8-9-10-11-12-13-14-18-15(17)16(19,5-2)6-3/h4-14,19H2,1-3H3. The quantitative estimate of drug-likeness (QED) is 0.283. The fourth-order valence-corrected chi connectivity index (χ4v) is 2.17. The van der Waals surface area contributed by atoms with Gasteiger partial charge in [0.25, 0.3) is 0 Å². The second-order valence-electron chi connectivity index (χ2n) is 5.47. The molecule has 19 heavy (non-hydrogen) atoms. The largest absolute Gasteiger partial charge is 0.465 e. The Balaban J connectivity index is 3.46. The van der Waals surface area contributed by atoms with E-state index in [-0.39, 0.29) is 11.1 Å². The van der Waals surface area contributed by atoms with Crippen molar-refractivity contribution in [1.82, 2.24) is 0 Å². The minimum atomic E-state index is -0.361. The van der Waals surface area contributed by atoms with Gasteiger partial charge in [-0.25, -0.2) is 0 Å². The number of rotatable bonds is 12. The van der Waals surface area contributed by atoms with Crippen LogP contribution in [0.15, 0.2) is 0 Å². The number of hydrogen-bond acceptors (Lipinski definition) is 2. The van der Waals surface area contributed by atoms with E-state index < -0.39 is 0 Å². The first-order chi connectivity index (χ1) is 9.10. The maximum absolute atomic E-state index is 11.9. The van der Waals surface area contributed by atoms with Crippen LogP contribution in [-0.2, 0) is 9.53 Å². The normalized spacial score (nSPS) is 11.6. The molecule has 0 aliphatic carbocycles. The maximum atomic E-state index is 11.9. The van der Waals surface area contributed by atoms with Crippen LogP contribution < -0.4 is 0 Å². The molecule has 0 N–H and O–H groups in total. The lowest BCUT2D eigenvalue weighted by Gasteiger charge is -2.23. The van der Waals surface area contributed by atoms with Crippen molar-refractivity contribution in [3.63, 3.8) is 0 Å². The third-order valence-corrected chi connectivity index (χ3v) is 4.95. The molecule has 0 fully saturated rings. The van der Waals surface area contributed by atoms with Gasteiger partial charge in [-0.2, -0.15) is 0 Å². The van der Waals surface area contributed by atoms with E-state index in [1.807, 2.05) is 13.8 Å². The highest BCUT2D eigenvalue weighted by Crippen LogP contribution is 2.28. The van der Waals surface area contributed by atoms with E-state index in [9.17, 15) is 4.79 Å². The van der Waals surface area contributed by atoms with E-state index in [0.717, 1.165) is 19.3 Å². The number of carbonyl (C=O) groups is 1. The molecule has 0 radical (unpaired) electrons. The van der Waals surface area contributed by atoms with Crippen LogP contribution in [0.25, 0.3) is 0 Å². The highest BCUT2D eigenvalue weighted by Gasteiger charge is 2.30. The molecule has 0 saturated heterocycles. The van der Waals surface area contributed by atoms with Crippen molar-refractivity contribution in [2.45, 2.75) is 90.1 Å². The van der Waals surface area contributed by atoms with Crippen LogP contribution in [0.2, 0.25) is 0 Å². The Morgan fingerprint density at radius 3 is 1.84 bits per heavy atom. The number of unbranched alkanes of at least 4 members (excludes halogenated alkanes) is 7. The third-order valence-electron chi connectivity index (χ3n) is 3.90. The summed E-state index contributed by atoms with van der Waals surface area (Å²) in [5.74, 6) is -0.0505. The molecule has 0 spiro atoms. The summed E-state index contributed by atoms with van der Waals surface area (Å²) in [5.41, 5.74) is 0. The minimum Gasteiger partial charge on any atom is -0.465 e.